The summed E-state index contributed by atoms with van der Waals surface area (Å²) in [5.41, 5.74) is 0.744. The van der Waals surface area contributed by atoms with Gasteiger partial charge in [0.2, 0.25) is 5.88 Å². The molecule has 1 aromatic heterocycles. The fourth-order valence-electron chi connectivity index (χ4n) is 0.811. The van der Waals surface area contributed by atoms with Crippen LogP contribution >= 0.6 is 0 Å². The molecule has 0 bridgehead atoms. The number of aromatic nitrogens is 1. The second-order valence-corrected chi connectivity index (χ2v) is 2.20. The Kier molecular flexibility index (Phi) is 2.96. The highest BCUT2D eigenvalue weighted by molar-refractivity contribution is 5.15. The van der Waals surface area contributed by atoms with E-state index in [4.69, 9.17) is 0 Å². The summed E-state index contributed by atoms with van der Waals surface area (Å²) < 4.78 is 27.5. The van der Waals surface area contributed by atoms with Gasteiger partial charge in [-0.15, -0.1) is 0 Å². The highest BCUT2D eigenvalue weighted by Gasteiger charge is 2.04. The van der Waals surface area contributed by atoms with Crippen molar-refractivity contribution in [3.05, 3.63) is 23.9 Å². The summed E-state index contributed by atoms with van der Waals surface area (Å²) >= 11 is 0. The van der Waals surface area contributed by atoms with Gasteiger partial charge in [0.25, 0.3) is 0 Å². The van der Waals surface area contributed by atoms with Crippen molar-refractivity contribution in [1.29, 1.82) is 0 Å². The predicted molar refractivity (Wildman–Crippen MR) is 40.2 cm³/mol. The van der Waals surface area contributed by atoms with Crippen LogP contribution in [0.2, 0.25) is 0 Å². The average Bonchev–Trinajstić information content (AvgIpc) is 2.03. The van der Waals surface area contributed by atoms with Crippen LogP contribution < -0.4 is 4.74 Å². The Hall–Kier alpha value is -1.19. The number of hydrogen-bond donors (Lipinski definition) is 0. The number of alkyl halides is 2. The minimum atomic E-state index is -2.80. The lowest BCUT2D eigenvalue weighted by molar-refractivity contribution is -0.0529. The molecule has 4 heteroatoms. The Morgan fingerprint density at radius 2 is 2.25 bits per heavy atom. The van der Waals surface area contributed by atoms with Crippen LogP contribution in [0.1, 0.15) is 12.6 Å². The molecule has 0 amide bonds. The van der Waals surface area contributed by atoms with E-state index in [1.165, 1.54) is 6.07 Å². The fraction of sp³-hybridized carbons (Fsp3) is 0.375. The molecule has 1 rings (SSSR count). The molecule has 66 valence electrons. The van der Waals surface area contributed by atoms with Gasteiger partial charge >= 0.3 is 6.61 Å². The van der Waals surface area contributed by atoms with Crippen molar-refractivity contribution in [2.24, 2.45) is 0 Å². The maximum absolute atomic E-state index is 11.7. The molecule has 0 atom stereocenters. The molecule has 0 N–H and O–H groups in total. The van der Waals surface area contributed by atoms with Crippen molar-refractivity contribution in [2.75, 3.05) is 0 Å². The van der Waals surface area contributed by atoms with Crippen LogP contribution in [0, 0.1) is 0 Å². The van der Waals surface area contributed by atoms with Gasteiger partial charge in [0.05, 0.1) is 0 Å². The first-order valence-corrected chi connectivity index (χ1v) is 3.63. The molecule has 0 fully saturated rings. The van der Waals surface area contributed by atoms with Gasteiger partial charge in [-0.3, -0.25) is 0 Å². The van der Waals surface area contributed by atoms with E-state index in [9.17, 15) is 8.78 Å². The Bertz CT molecular complexity index is 253. The Labute approximate surface area is 69.2 Å². The smallest absolute Gasteiger partial charge is 0.388 e. The Balaban J connectivity index is 2.72. The minimum Gasteiger partial charge on any atom is -0.417 e. The van der Waals surface area contributed by atoms with Crippen LogP contribution in [0.25, 0.3) is 0 Å². The molecule has 12 heavy (non-hydrogen) atoms. The lowest BCUT2D eigenvalue weighted by atomic mass is 10.3. The van der Waals surface area contributed by atoms with E-state index >= 15 is 0 Å². The standard InChI is InChI=1S/C8H9F2NO/c1-2-6-4-3-5-7(11-6)12-8(9)10/h3-5,8H,2H2,1H3. The normalized spacial score (nSPS) is 10.3. The van der Waals surface area contributed by atoms with E-state index in [0.29, 0.717) is 6.42 Å². The van der Waals surface area contributed by atoms with Gasteiger partial charge in [-0.25, -0.2) is 4.98 Å². The number of aryl methyl sites for hydroxylation is 1. The van der Waals surface area contributed by atoms with E-state index in [2.05, 4.69) is 9.72 Å². The van der Waals surface area contributed by atoms with Crippen LogP contribution in [0.5, 0.6) is 5.88 Å². The van der Waals surface area contributed by atoms with E-state index in [1.807, 2.05) is 6.92 Å². The molecule has 0 aliphatic carbocycles. The van der Waals surface area contributed by atoms with E-state index in [1.54, 1.807) is 12.1 Å². The first kappa shape index (κ1) is 8.90. The number of halogens is 2. The van der Waals surface area contributed by atoms with Crippen molar-refractivity contribution in [1.82, 2.24) is 4.98 Å². The summed E-state index contributed by atoms with van der Waals surface area (Å²) in [4.78, 5) is 3.83. The minimum absolute atomic E-state index is 0.0237. The Morgan fingerprint density at radius 1 is 1.50 bits per heavy atom. The van der Waals surface area contributed by atoms with E-state index < -0.39 is 6.61 Å². The SMILES string of the molecule is CCc1cccc(OC(F)F)n1. The third-order valence-corrected chi connectivity index (χ3v) is 1.35. The monoisotopic (exact) mass is 173 g/mol. The molecule has 1 heterocycles. The molecule has 0 saturated carbocycles. The summed E-state index contributed by atoms with van der Waals surface area (Å²) in [5.74, 6) is -0.0237. The zero-order valence-electron chi connectivity index (χ0n) is 6.63. The molecule has 0 radical (unpaired) electrons. The second-order valence-electron chi connectivity index (χ2n) is 2.20. The molecule has 0 aliphatic heterocycles. The Morgan fingerprint density at radius 3 is 2.83 bits per heavy atom. The van der Waals surface area contributed by atoms with Gasteiger partial charge in [0.15, 0.2) is 0 Å². The molecule has 2 nitrogen and oxygen atoms in total. The van der Waals surface area contributed by atoms with Crippen LogP contribution in [0.4, 0.5) is 8.78 Å². The first-order valence-electron chi connectivity index (χ1n) is 3.63. The van der Waals surface area contributed by atoms with Crippen LogP contribution in [0.15, 0.2) is 18.2 Å². The van der Waals surface area contributed by atoms with Gasteiger partial charge in [-0.05, 0) is 12.5 Å². The fourth-order valence-corrected chi connectivity index (χ4v) is 0.811. The lowest BCUT2D eigenvalue weighted by Gasteiger charge is -2.03. The van der Waals surface area contributed by atoms with Crippen LogP contribution in [-0.4, -0.2) is 11.6 Å². The lowest BCUT2D eigenvalue weighted by Crippen LogP contribution is -2.04. The summed E-state index contributed by atoms with van der Waals surface area (Å²) in [6, 6.07) is 4.81. The summed E-state index contributed by atoms with van der Waals surface area (Å²) in [7, 11) is 0. The van der Waals surface area contributed by atoms with Crippen LogP contribution in [0.3, 0.4) is 0 Å². The number of pyridine rings is 1. The molecule has 0 spiro atoms. The van der Waals surface area contributed by atoms with Crippen molar-refractivity contribution in [3.8, 4) is 5.88 Å². The zero-order valence-corrected chi connectivity index (χ0v) is 6.63. The quantitative estimate of drug-likeness (QED) is 0.699. The van der Waals surface area contributed by atoms with Crippen molar-refractivity contribution in [3.63, 3.8) is 0 Å². The average molecular weight is 173 g/mol. The highest BCUT2D eigenvalue weighted by Crippen LogP contribution is 2.10. The summed E-state index contributed by atoms with van der Waals surface area (Å²) in [5, 5.41) is 0. The van der Waals surface area contributed by atoms with Crippen molar-refractivity contribution >= 4 is 0 Å². The maximum Gasteiger partial charge on any atom is 0.388 e. The highest BCUT2D eigenvalue weighted by atomic mass is 19.3. The zero-order chi connectivity index (χ0) is 8.97. The number of rotatable bonds is 3. The summed E-state index contributed by atoms with van der Waals surface area (Å²) in [6.07, 6.45) is 0.709. The molecule has 0 unspecified atom stereocenters. The largest absolute Gasteiger partial charge is 0.417 e. The van der Waals surface area contributed by atoms with Gasteiger partial charge in [-0.2, -0.15) is 8.78 Å². The number of hydrogen-bond acceptors (Lipinski definition) is 2. The van der Waals surface area contributed by atoms with Gasteiger partial charge in [-0.1, -0.05) is 13.0 Å². The molecule has 0 aromatic carbocycles. The topological polar surface area (TPSA) is 22.1 Å². The first-order chi connectivity index (χ1) is 5.72. The van der Waals surface area contributed by atoms with E-state index in [-0.39, 0.29) is 5.88 Å². The maximum atomic E-state index is 11.7. The van der Waals surface area contributed by atoms with E-state index in [0.717, 1.165) is 5.69 Å². The molecular weight excluding hydrogens is 164 g/mol. The molecule has 1 aromatic rings. The number of nitrogens with zero attached hydrogens (tertiary/aromatic N) is 1. The summed E-state index contributed by atoms with van der Waals surface area (Å²) in [6.45, 7) is -0.904. The van der Waals surface area contributed by atoms with Crippen molar-refractivity contribution in [2.45, 2.75) is 20.0 Å². The van der Waals surface area contributed by atoms with Crippen LogP contribution in [-0.2, 0) is 6.42 Å². The molecule has 0 saturated heterocycles. The predicted octanol–water partition coefficient (Wildman–Crippen LogP) is 2.25. The van der Waals surface area contributed by atoms with Crippen molar-refractivity contribution < 1.29 is 13.5 Å². The number of ether oxygens (including phenoxy) is 1. The second kappa shape index (κ2) is 3.99. The third kappa shape index (κ3) is 2.45. The van der Waals surface area contributed by atoms with Gasteiger partial charge < -0.3 is 4.74 Å². The van der Waals surface area contributed by atoms with Gasteiger partial charge in [0.1, 0.15) is 0 Å². The molecular formula is C8H9F2NO. The third-order valence-electron chi connectivity index (χ3n) is 1.35. The molecule has 0 aliphatic rings. The van der Waals surface area contributed by atoms with Gasteiger partial charge in [0, 0.05) is 11.8 Å².